The Morgan fingerprint density at radius 3 is 2.74 bits per heavy atom. The number of fused-ring (bicyclic) bond motifs is 3. The van der Waals surface area contributed by atoms with Crippen molar-refractivity contribution in [3.8, 4) is 0 Å². The van der Waals surface area contributed by atoms with E-state index in [1.165, 1.54) is 0 Å². The molecule has 0 aliphatic rings. The normalized spacial score (nSPS) is 9.95. The SMILES string of the molecule is CCC(=O)O.c1cnnc2c(c1)ccc1ncnc12. The van der Waals surface area contributed by atoms with E-state index in [4.69, 9.17) is 5.11 Å². The summed E-state index contributed by atoms with van der Waals surface area (Å²) in [4.78, 5) is 17.6. The number of aromatic nitrogens is 4. The van der Waals surface area contributed by atoms with Crippen molar-refractivity contribution < 1.29 is 9.90 Å². The number of hydrogen-bond acceptors (Lipinski definition) is 5. The molecule has 1 aromatic carbocycles. The fourth-order valence-corrected chi connectivity index (χ4v) is 1.48. The summed E-state index contributed by atoms with van der Waals surface area (Å²) in [6.07, 6.45) is 3.42. The number of carboxylic acid groups (broad SMARTS) is 1. The molecule has 0 aliphatic heterocycles. The lowest BCUT2D eigenvalue weighted by Gasteiger charge is -1.90. The Morgan fingerprint density at radius 1 is 1.21 bits per heavy atom. The molecule has 0 fully saturated rings. The van der Waals surface area contributed by atoms with Crippen molar-refractivity contribution in [1.29, 1.82) is 0 Å². The van der Waals surface area contributed by atoms with Crippen LogP contribution in [-0.2, 0) is 4.79 Å². The first-order valence-electron chi connectivity index (χ1n) is 5.75. The summed E-state index contributed by atoms with van der Waals surface area (Å²) in [5.41, 5.74) is 2.47. The molecule has 0 amide bonds. The van der Waals surface area contributed by atoms with E-state index in [2.05, 4.69) is 20.2 Å². The Bertz CT molecular complexity index is 715. The number of carboxylic acids is 1. The van der Waals surface area contributed by atoms with Gasteiger partial charge in [0.15, 0.2) is 0 Å². The zero-order valence-corrected chi connectivity index (χ0v) is 10.3. The van der Waals surface area contributed by atoms with E-state index in [1.54, 1.807) is 19.4 Å². The number of hydrogen-bond donors (Lipinski definition) is 1. The first-order chi connectivity index (χ1) is 9.22. The van der Waals surface area contributed by atoms with Gasteiger partial charge in [0.2, 0.25) is 0 Å². The van der Waals surface area contributed by atoms with Gasteiger partial charge in [0.25, 0.3) is 0 Å². The average molecular weight is 256 g/mol. The lowest BCUT2D eigenvalue weighted by atomic mass is 10.2. The first kappa shape index (κ1) is 12.8. The summed E-state index contributed by atoms with van der Waals surface area (Å²) in [5, 5.41) is 16.7. The van der Waals surface area contributed by atoms with Gasteiger partial charge in [-0.1, -0.05) is 19.1 Å². The molecule has 0 atom stereocenters. The van der Waals surface area contributed by atoms with Crippen LogP contribution in [0.5, 0.6) is 0 Å². The molecule has 6 heteroatoms. The highest BCUT2D eigenvalue weighted by Gasteiger charge is 2.02. The fraction of sp³-hybridized carbons (Fsp3) is 0.154. The molecule has 0 radical (unpaired) electrons. The van der Waals surface area contributed by atoms with E-state index in [0.717, 1.165) is 21.9 Å². The molecule has 0 saturated heterocycles. The number of imidazole rings is 1. The number of carbonyl (C=O) groups is 1. The van der Waals surface area contributed by atoms with E-state index >= 15 is 0 Å². The van der Waals surface area contributed by atoms with Crippen molar-refractivity contribution in [1.82, 2.24) is 20.2 Å². The molecule has 0 unspecified atom stereocenters. The molecule has 6 nitrogen and oxygen atoms in total. The molecule has 1 N–H and O–H groups in total. The highest BCUT2D eigenvalue weighted by molar-refractivity contribution is 6.00. The van der Waals surface area contributed by atoms with Gasteiger partial charge in [0.05, 0.1) is 5.52 Å². The lowest BCUT2D eigenvalue weighted by molar-refractivity contribution is -0.136. The van der Waals surface area contributed by atoms with Gasteiger partial charge in [-0.15, -0.1) is 5.10 Å². The molecule has 3 aromatic rings. The van der Waals surface area contributed by atoms with Gasteiger partial charge in [-0.2, -0.15) is 5.10 Å². The first-order valence-corrected chi connectivity index (χ1v) is 5.75. The maximum absolute atomic E-state index is 9.37. The fourth-order valence-electron chi connectivity index (χ4n) is 1.48. The quantitative estimate of drug-likeness (QED) is 0.716. The van der Waals surface area contributed by atoms with Crippen LogP contribution in [0.25, 0.3) is 21.9 Å². The Balaban J connectivity index is 0.000000232. The van der Waals surface area contributed by atoms with E-state index in [0.29, 0.717) is 0 Å². The van der Waals surface area contributed by atoms with E-state index in [9.17, 15) is 4.79 Å². The second kappa shape index (κ2) is 5.81. The molecule has 2 aromatic heterocycles. The third kappa shape index (κ3) is 2.98. The molecular weight excluding hydrogens is 244 g/mol. The minimum atomic E-state index is -0.745. The van der Waals surface area contributed by atoms with E-state index < -0.39 is 5.97 Å². The molecule has 3 rings (SSSR count). The van der Waals surface area contributed by atoms with Crippen LogP contribution in [0.3, 0.4) is 0 Å². The zero-order valence-electron chi connectivity index (χ0n) is 10.3. The molecule has 96 valence electrons. The van der Waals surface area contributed by atoms with Gasteiger partial charge in [0.1, 0.15) is 17.4 Å². The smallest absolute Gasteiger partial charge is 0.303 e. The molecular formula is C13H12N4O2. The maximum Gasteiger partial charge on any atom is 0.303 e. The third-order valence-electron chi connectivity index (χ3n) is 2.43. The van der Waals surface area contributed by atoms with Crippen molar-refractivity contribution in [2.24, 2.45) is 0 Å². The number of benzene rings is 1. The maximum atomic E-state index is 9.37. The van der Waals surface area contributed by atoms with Crippen molar-refractivity contribution in [3.05, 3.63) is 36.8 Å². The van der Waals surface area contributed by atoms with E-state index in [1.807, 2.05) is 24.3 Å². The van der Waals surface area contributed by atoms with Gasteiger partial charge in [-0.25, -0.2) is 9.97 Å². The minimum absolute atomic E-state index is 0.222. The van der Waals surface area contributed by atoms with E-state index in [-0.39, 0.29) is 6.42 Å². The van der Waals surface area contributed by atoms with Gasteiger partial charge >= 0.3 is 5.97 Å². The summed E-state index contributed by atoms with van der Waals surface area (Å²) >= 11 is 0. The number of nitrogens with zero attached hydrogens (tertiary/aromatic N) is 4. The highest BCUT2D eigenvalue weighted by Crippen LogP contribution is 2.18. The third-order valence-corrected chi connectivity index (χ3v) is 2.43. The predicted octanol–water partition coefficient (Wildman–Crippen LogP) is 2.05. The molecule has 0 spiro atoms. The standard InChI is InChI=1S/C10H6N4.C3H6O2/c1-2-7-3-4-8-10(12-6-11-8)9(7)14-13-5-1;1-2-3(4)5/h1-6H;2H2,1H3,(H,4,5). The molecule has 0 saturated carbocycles. The Labute approximate surface area is 109 Å². The molecule has 19 heavy (non-hydrogen) atoms. The number of rotatable bonds is 1. The molecule has 0 bridgehead atoms. The largest absolute Gasteiger partial charge is 0.481 e. The second-order valence-electron chi connectivity index (χ2n) is 3.72. The van der Waals surface area contributed by atoms with Gasteiger partial charge in [0, 0.05) is 18.0 Å². The van der Waals surface area contributed by atoms with Crippen LogP contribution < -0.4 is 0 Å². The molecule has 0 aliphatic carbocycles. The van der Waals surface area contributed by atoms with Crippen molar-refractivity contribution in [2.75, 3.05) is 0 Å². The zero-order chi connectivity index (χ0) is 13.7. The van der Waals surface area contributed by atoms with Crippen LogP contribution in [0.2, 0.25) is 0 Å². The summed E-state index contributed by atoms with van der Waals surface area (Å²) in [6, 6.07) is 7.73. The lowest BCUT2D eigenvalue weighted by Crippen LogP contribution is -1.86. The minimum Gasteiger partial charge on any atom is -0.481 e. The van der Waals surface area contributed by atoms with Crippen molar-refractivity contribution >= 4 is 27.9 Å². The number of aliphatic carboxylic acids is 1. The summed E-state index contributed by atoms with van der Waals surface area (Å²) < 4.78 is 0. The van der Waals surface area contributed by atoms with Gasteiger partial charge in [-0.3, -0.25) is 4.79 Å². The van der Waals surface area contributed by atoms with Crippen LogP contribution in [0, 0.1) is 0 Å². The summed E-state index contributed by atoms with van der Waals surface area (Å²) in [7, 11) is 0. The topological polar surface area (TPSA) is 88.9 Å². The van der Waals surface area contributed by atoms with Crippen LogP contribution in [0.4, 0.5) is 0 Å². The van der Waals surface area contributed by atoms with Crippen LogP contribution in [0.1, 0.15) is 13.3 Å². The Hall–Kier alpha value is -2.63. The predicted molar refractivity (Wildman–Crippen MR) is 70.6 cm³/mol. The van der Waals surface area contributed by atoms with Gasteiger partial charge < -0.3 is 5.11 Å². The van der Waals surface area contributed by atoms with Crippen LogP contribution >= 0.6 is 0 Å². The van der Waals surface area contributed by atoms with Crippen LogP contribution in [0.15, 0.2) is 36.8 Å². The van der Waals surface area contributed by atoms with Crippen molar-refractivity contribution in [3.63, 3.8) is 0 Å². The summed E-state index contributed by atoms with van der Waals surface area (Å²) in [5.74, 6) is -0.745. The average Bonchev–Trinajstić information content (AvgIpc) is 2.77. The summed E-state index contributed by atoms with van der Waals surface area (Å²) in [6.45, 7) is 1.60. The van der Waals surface area contributed by atoms with Gasteiger partial charge in [-0.05, 0) is 12.1 Å². The monoisotopic (exact) mass is 256 g/mol. The Morgan fingerprint density at radius 2 is 2.00 bits per heavy atom. The molecule has 2 heterocycles. The van der Waals surface area contributed by atoms with Crippen LogP contribution in [-0.4, -0.2) is 31.2 Å². The highest BCUT2D eigenvalue weighted by atomic mass is 16.4. The Kier molecular flexibility index (Phi) is 3.92. The second-order valence-corrected chi connectivity index (χ2v) is 3.72. The van der Waals surface area contributed by atoms with Crippen molar-refractivity contribution in [2.45, 2.75) is 13.3 Å².